The van der Waals surface area contributed by atoms with Crippen molar-refractivity contribution in [3.05, 3.63) is 58.7 Å². The van der Waals surface area contributed by atoms with Gasteiger partial charge in [0.05, 0.1) is 6.04 Å². The van der Waals surface area contributed by atoms with Crippen LogP contribution in [0.25, 0.3) is 0 Å². The molecule has 5 nitrogen and oxygen atoms in total. The summed E-state index contributed by atoms with van der Waals surface area (Å²) in [6, 6.07) is 11.6. The van der Waals surface area contributed by atoms with Crippen LogP contribution in [0.2, 0.25) is 0 Å². The molecule has 2 N–H and O–H groups in total. The van der Waals surface area contributed by atoms with E-state index in [-0.39, 0.29) is 11.9 Å². The number of benzene rings is 2. The molecular formula is C19H20N2O3. The maximum absolute atomic E-state index is 12.5. The van der Waals surface area contributed by atoms with Gasteiger partial charge < -0.3 is 20.1 Å². The average Bonchev–Trinajstić information content (AvgIpc) is 3.08. The first-order valence-electron chi connectivity index (χ1n) is 8.23. The summed E-state index contributed by atoms with van der Waals surface area (Å²) in [5.74, 6) is 1.44. The summed E-state index contributed by atoms with van der Waals surface area (Å²) in [5, 5.41) is 6.35. The first kappa shape index (κ1) is 15.0. The highest BCUT2D eigenvalue weighted by atomic mass is 16.6. The maximum Gasteiger partial charge on any atom is 0.251 e. The van der Waals surface area contributed by atoms with Gasteiger partial charge >= 0.3 is 0 Å². The van der Waals surface area contributed by atoms with E-state index in [1.807, 2.05) is 43.3 Å². The molecule has 24 heavy (non-hydrogen) atoms. The standard InChI is InChI=1S/C19H20N2O3/c1-12(13-4-5-17-18(9-13)24-7-6-23-17)21-19(22)14-2-3-15-10-20-11-16(15)8-14/h2-5,8-9,12,20H,6-7,10-11H2,1H3,(H,21,22). The Labute approximate surface area is 141 Å². The number of hydrogen-bond acceptors (Lipinski definition) is 4. The summed E-state index contributed by atoms with van der Waals surface area (Å²) >= 11 is 0. The van der Waals surface area contributed by atoms with Gasteiger partial charge in [0, 0.05) is 18.7 Å². The monoisotopic (exact) mass is 324 g/mol. The highest BCUT2D eigenvalue weighted by molar-refractivity contribution is 5.94. The molecule has 0 bridgehead atoms. The van der Waals surface area contributed by atoms with Gasteiger partial charge in [-0.25, -0.2) is 0 Å². The van der Waals surface area contributed by atoms with Gasteiger partial charge in [0.25, 0.3) is 5.91 Å². The SMILES string of the molecule is CC(NC(=O)c1ccc2c(c1)CNC2)c1ccc2c(c1)OCCO2. The average molecular weight is 324 g/mol. The van der Waals surface area contributed by atoms with Crippen molar-refractivity contribution < 1.29 is 14.3 Å². The minimum Gasteiger partial charge on any atom is -0.486 e. The highest BCUT2D eigenvalue weighted by Crippen LogP contribution is 2.32. The second kappa shape index (κ2) is 6.17. The lowest BCUT2D eigenvalue weighted by atomic mass is 10.0. The highest BCUT2D eigenvalue weighted by Gasteiger charge is 2.18. The van der Waals surface area contributed by atoms with Gasteiger partial charge in [0.15, 0.2) is 11.5 Å². The number of carbonyl (C=O) groups excluding carboxylic acids is 1. The lowest BCUT2D eigenvalue weighted by molar-refractivity contribution is 0.0939. The van der Waals surface area contributed by atoms with Crippen LogP contribution in [-0.2, 0) is 13.1 Å². The Hall–Kier alpha value is -2.53. The first-order chi connectivity index (χ1) is 11.7. The third kappa shape index (κ3) is 2.83. The van der Waals surface area contributed by atoms with Crippen molar-refractivity contribution in [1.29, 1.82) is 0 Å². The Morgan fingerprint density at radius 1 is 1.04 bits per heavy atom. The molecule has 2 aromatic rings. The molecule has 2 aliphatic rings. The zero-order valence-corrected chi connectivity index (χ0v) is 13.6. The van der Waals surface area contributed by atoms with Gasteiger partial charge in [0.2, 0.25) is 0 Å². The number of hydrogen-bond donors (Lipinski definition) is 2. The van der Waals surface area contributed by atoms with E-state index in [0.29, 0.717) is 18.8 Å². The lowest BCUT2D eigenvalue weighted by Crippen LogP contribution is -2.27. The largest absolute Gasteiger partial charge is 0.486 e. The van der Waals surface area contributed by atoms with Crippen LogP contribution in [0.4, 0.5) is 0 Å². The molecule has 1 atom stereocenters. The minimum atomic E-state index is -0.111. The fourth-order valence-corrected chi connectivity index (χ4v) is 3.13. The van der Waals surface area contributed by atoms with Crippen LogP contribution in [0, 0.1) is 0 Å². The van der Waals surface area contributed by atoms with Crippen LogP contribution in [-0.4, -0.2) is 19.1 Å². The molecule has 5 heteroatoms. The van der Waals surface area contributed by atoms with E-state index < -0.39 is 0 Å². The fourth-order valence-electron chi connectivity index (χ4n) is 3.13. The van der Waals surface area contributed by atoms with Gasteiger partial charge in [-0.15, -0.1) is 0 Å². The molecule has 0 spiro atoms. The zero-order valence-electron chi connectivity index (χ0n) is 13.6. The molecule has 1 amide bonds. The second-order valence-electron chi connectivity index (χ2n) is 6.19. The van der Waals surface area contributed by atoms with Crippen molar-refractivity contribution in [2.75, 3.05) is 13.2 Å². The van der Waals surface area contributed by atoms with Gasteiger partial charge in [-0.3, -0.25) is 4.79 Å². The summed E-state index contributed by atoms with van der Waals surface area (Å²) in [7, 11) is 0. The van der Waals surface area contributed by atoms with E-state index in [1.54, 1.807) is 0 Å². The van der Waals surface area contributed by atoms with Crippen LogP contribution in [0.5, 0.6) is 11.5 Å². The second-order valence-corrected chi connectivity index (χ2v) is 6.19. The molecule has 0 aromatic heterocycles. The van der Waals surface area contributed by atoms with Crippen LogP contribution in [0.3, 0.4) is 0 Å². The quantitative estimate of drug-likeness (QED) is 0.911. The normalized spacial score (nSPS) is 16.4. The van der Waals surface area contributed by atoms with E-state index in [0.717, 1.165) is 30.2 Å². The molecule has 4 rings (SSSR count). The predicted octanol–water partition coefficient (Wildman–Crippen LogP) is 2.55. The zero-order chi connectivity index (χ0) is 16.5. The molecule has 2 heterocycles. The topological polar surface area (TPSA) is 59.6 Å². The molecule has 0 saturated carbocycles. The van der Waals surface area contributed by atoms with Crippen LogP contribution >= 0.6 is 0 Å². The first-order valence-corrected chi connectivity index (χ1v) is 8.23. The number of fused-ring (bicyclic) bond motifs is 2. The van der Waals surface area contributed by atoms with Crippen LogP contribution in [0.15, 0.2) is 36.4 Å². The summed E-state index contributed by atoms with van der Waals surface area (Å²) in [6.45, 7) is 4.81. The summed E-state index contributed by atoms with van der Waals surface area (Å²) < 4.78 is 11.1. The van der Waals surface area contributed by atoms with Crippen molar-refractivity contribution >= 4 is 5.91 Å². The van der Waals surface area contributed by atoms with Crippen LogP contribution in [0.1, 0.15) is 40.0 Å². The van der Waals surface area contributed by atoms with Crippen molar-refractivity contribution in [1.82, 2.24) is 10.6 Å². The number of carbonyl (C=O) groups is 1. The molecule has 2 aliphatic heterocycles. The summed E-state index contributed by atoms with van der Waals surface area (Å²) in [6.07, 6.45) is 0. The Morgan fingerprint density at radius 2 is 1.83 bits per heavy atom. The predicted molar refractivity (Wildman–Crippen MR) is 90.3 cm³/mol. The Morgan fingerprint density at radius 3 is 2.71 bits per heavy atom. The van der Waals surface area contributed by atoms with Gasteiger partial charge in [-0.05, 0) is 47.9 Å². The molecule has 0 fully saturated rings. The van der Waals surface area contributed by atoms with E-state index in [4.69, 9.17) is 9.47 Å². The van der Waals surface area contributed by atoms with E-state index in [1.165, 1.54) is 11.1 Å². The van der Waals surface area contributed by atoms with E-state index >= 15 is 0 Å². The minimum absolute atomic E-state index is 0.0629. The van der Waals surface area contributed by atoms with Gasteiger partial charge in [-0.1, -0.05) is 12.1 Å². The van der Waals surface area contributed by atoms with Crippen LogP contribution < -0.4 is 20.1 Å². The maximum atomic E-state index is 12.5. The third-order valence-corrected chi connectivity index (χ3v) is 4.51. The van der Waals surface area contributed by atoms with Gasteiger partial charge in [-0.2, -0.15) is 0 Å². The van der Waals surface area contributed by atoms with Gasteiger partial charge in [0.1, 0.15) is 13.2 Å². The van der Waals surface area contributed by atoms with E-state index in [9.17, 15) is 4.79 Å². The molecule has 0 aliphatic carbocycles. The van der Waals surface area contributed by atoms with Crippen molar-refractivity contribution in [3.63, 3.8) is 0 Å². The molecule has 2 aromatic carbocycles. The van der Waals surface area contributed by atoms with Crippen molar-refractivity contribution in [3.8, 4) is 11.5 Å². The number of amides is 1. The molecular weight excluding hydrogens is 304 g/mol. The lowest BCUT2D eigenvalue weighted by Gasteiger charge is -2.21. The molecule has 124 valence electrons. The van der Waals surface area contributed by atoms with Crippen molar-refractivity contribution in [2.45, 2.75) is 26.1 Å². The Balaban J connectivity index is 1.49. The fraction of sp³-hybridized carbons (Fsp3) is 0.316. The summed E-state index contributed by atoms with van der Waals surface area (Å²) in [5.41, 5.74) is 4.17. The smallest absolute Gasteiger partial charge is 0.251 e. The molecule has 0 saturated heterocycles. The Kier molecular flexibility index (Phi) is 3.86. The number of nitrogens with one attached hydrogen (secondary N) is 2. The summed E-state index contributed by atoms with van der Waals surface area (Å²) in [4.78, 5) is 12.5. The Bertz CT molecular complexity index is 788. The third-order valence-electron chi connectivity index (χ3n) is 4.51. The van der Waals surface area contributed by atoms with Crippen molar-refractivity contribution in [2.24, 2.45) is 0 Å². The molecule has 1 unspecified atom stereocenters. The number of rotatable bonds is 3. The number of ether oxygens (including phenoxy) is 2. The molecule has 0 radical (unpaired) electrons. The van der Waals surface area contributed by atoms with E-state index in [2.05, 4.69) is 10.6 Å².